The molecule has 2 rings (SSSR count). The van der Waals surface area contributed by atoms with E-state index in [1.807, 2.05) is 25.1 Å². The van der Waals surface area contributed by atoms with Gasteiger partial charge in [0.05, 0.1) is 5.92 Å². The van der Waals surface area contributed by atoms with Crippen LogP contribution in [0.15, 0.2) is 22.6 Å². The average molecular weight is 289 g/mol. The smallest absolute Gasteiger partial charge is 0.228 e. The number of oxazole rings is 1. The Balaban J connectivity index is 2.12. The number of rotatable bonds is 6. The Morgan fingerprint density at radius 1 is 1.43 bits per heavy atom. The molecule has 0 fully saturated rings. The number of hydrogen-bond acceptors (Lipinski definition) is 4. The standard InChI is InChI=1S/C16H23N3O2/c1-4-15-19-13-8-12(5-6-14(13)21-15)18-16(20)11(9-17)7-10(2)3/h5-6,8,10-11H,4,7,9,17H2,1-3H3,(H,18,20). The normalized spacial score (nSPS) is 12.8. The molecule has 1 heterocycles. The predicted octanol–water partition coefficient (Wildman–Crippen LogP) is 2.95. The monoisotopic (exact) mass is 289 g/mol. The molecule has 5 heteroatoms. The van der Waals surface area contributed by atoms with Crippen LogP contribution in [0.5, 0.6) is 0 Å². The summed E-state index contributed by atoms with van der Waals surface area (Å²) in [6.45, 7) is 6.52. The van der Waals surface area contributed by atoms with Gasteiger partial charge in [-0.3, -0.25) is 4.79 Å². The number of hydrogen-bond donors (Lipinski definition) is 2. The van der Waals surface area contributed by atoms with E-state index in [0.717, 1.165) is 29.6 Å². The summed E-state index contributed by atoms with van der Waals surface area (Å²) in [7, 11) is 0. The van der Waals surface area contributed by atoms with Crippen LogP contribution >= 0.6 is 0 Å². The Kier molecular flexibility index (Phi) is 4.96. The van der Waals surface area contributed by atoms with Crippen LogP contribution in [0.1, 0.15) is 33.1 Å². The van der Waals surface area contributed by atoms with Gasteiger partial charge >= 0.3 is 0 Å². The lowest BCUT2D eigenvalue weighted by Gasteiger charge is -2.16. The fraction of sp³-hybridized carbons (Fsp3) is 0.500. The number of aryl methyl sites for hydroxylation is 1. The van der Waals surface area contributed by atoms with E-state index in [9.17, 15) is 4.79 Å². The number of aromatic nitrogens is 1. The summed E-state index contributed by atoms with van der Waals surface area (Å²) in [5.74, 6) is 0.941. The number of benzene rings is 1. The summed E-state index contributed by atoms with van der Waals surface area (Å²) in [6.07, 6.45) is 1.54. The lowest BCUT2D eigenvalue weighted by molar-refractivity contribution is -0.120. The highest BCUT2D eigenvalue weighted by Gasteiger charge is 2.18. The van der Waals surface area contributed by atoms with Gasteiger partial charge in [0.1, 0.15) is 5.52 Å². The first-order valence-corrected chi connectivity index (χ1v) is 7.43. The van der Waals surface area contributed by atoms with E-state index in [0.29, 0.717) is 18.4 Å². The molecule has 5 nitrogen and oxygen atoms in total. The van der Waals surface area contributed by atoms with E-state index in [1.54, 1.807) is 0 Å². The van der Waals surface area contributed by atoms with Gasteiger partial charge in [-0.15, -0.1) is 0 Å². The highest BCUT2D eigenvalue weighted by Crippen LogP contribution is 2.21. The number of amides is 1. The molecule has 0 spiro atoms. The van der Waals surface area contributed by atoms with Gasteiger partial charge in [-0.2, -0.15) is 0 Å². The molecular weight excluding hydrogens is 266 g/mol. The molecular formula is C16H23N3O2. The molecule has 1 amide bonds. The minimum absolute atomic E-state index is 0.0373. The van der Waals surface area contributed by atoms with Crippen LogP contribution in [0.3, 0.4) is 0 Å². The van der Waals surface area contributed by atoms with Crippen LogP contribution in [-0.2, 0) is 11.2 Å². The van der Waals surface area contributed by atoms with Crippen LogP contribution in [0, 0.1) is 11.8 Å². The molecule has 0 aliphatic heterocycles. The van der Waals surface area contributed by atoms with Crippen molar-refractivity contribution in [3.8, 4) is 0 Å². The molecule has 0 radical (unpaired) electrons. The Labute approximate surface area is 124 Å². The summed E-state index contributed by atoms with van der Waals surface area (Å²) in [6, 6.07) is 5.49. The Hall–Kier alpha value is -1.88. The summed E-state index contributed by atoms with van der Waals surface area (Å²) in [5, 5.41) is 2.92. The van der Waals surface area contributed by atoms with Crippen LogP contribution in [0.2, 0.25) is 0 Å². The molecule has 3 N–H and O–H groups in total. The summed E-state index contributed by atoms with van der Waals surface area (Å²) in [4.78, 5) is 16.6. The van der Waals surface area contributed by atoms with Crippen LogP contribution < -0.4 is 11.1 Å². The maximum Gasteiger partial charge on any atom is 0.228 e. The Morgan fingerprint density at radius 2 is 2.19 bits per heavy atom. The zero-order chi connectivity index (χ0) is 15.4. The van der Waals surface area contributed by atoms with Gasteiger partial charge in [0.25, 0.3) is 0 Å². The van der Waals surface area contributed by atoms with Gasteiger partial charge < -0.3 is 15.5 Å². The first kappa shape index (κ1) is 15.5. The van der Waals surface area contributed by atoms with E-state index >= 15 is 0 Å². The largest absolute Gasteiger partial charge is 0.441 e. The van der Waals surface area contributed by atoms with Crippen molar-refractivity contribution >= 4 is 22.7 Å². The van der Waals surface area contributed by atoms with Gasteiger partial charge in [0.15, 0.2) is 11.5 Å². The van der Waals surface area contributed by atoms with Crippen molar-refractivity contribution in [2.24, 2.45) is 17.6 Å². The van der Waals surface area contributed by atoms with E-state index < -0.39 is 0 Å². The van der Waals surface area contributed by atoms with Gasteiger partial charge in [-0.05, 0) is 30.5 Å². The Bertz CT molecular complexity index is 619. The fourth-order valence-corrected chi connectivity index (χ4v) is 2.33. The fourth-order valence-electron chi connectivity index (χ4n) is 2.33. The number of carbonyl (C=O) groups excluding carboxylic acids is 1. The molecule has 21 heavy (non-hydrogen) atoms. The van der Waals surface area contributed by atoms with Crippen molar-refractivity contribution in [3.05, 3.63) is 24.1 Å². The van der Waals surface area contributed by atoms with Gasteiger partial charge in [-0.1, -0.05) is 20.8 Å². The first-order valence-electron chi connectivity index (χ1n) is 7.43. The highest BCUT2D eigenvalue weighted by molar-refractivity contribution is 5.94. The maximum atomic E-state index is 12.2. The molecule has 1 aromatic heterocycles. The second-order valence-electron chi connectivity index (χ2n) is 5.70. The van der Waals surface area contributed by atoms with Crippen molar-refractivity contribution in [1.29, 1.82) is 0 Å². The van der Waals surface area contributed by atoms with Gasteiger partial charge in [-0.25, -0.2) is 4.98 Å². The Morgan fingerprint density at radius 3 is 2.81 bits per heavy atom. The maximum absolute atomic E-state index is 12.2. The second-order valence-corrected chi connectivity index (χ2v) is 5.70. The lowest BCUT2D eigenvalue weighted by atomic mass is 9.96. The van der Waals surface area contributed by atoms with Crippen molar-refractivity contribution in [2.75, 3.05) is 11.9 Å². The van der Waals surface area contributed by atoms with Crippen LogP contribution in [0.4, 0.5) is 5.69 Å². The predicted molar refractivity (Wildman–Crippen MR) is 84.0 cm³/mol. The summed E-state index contributed by atoms with van der Waals surface area (Å²) >= 11 is 0. The number of anilines is 1. The number of nitrogens with one attached hydrogen (secondary N) is 1. The molecule has 0 saturated carbocycles. The summed E-state index contributed by atoms with van der Waals surface area (Å²) in [5.41, 5.74) is 7.93. The molecule has 114 valence electrons. The van der Waals surface area contributed by atoms with Crippen LogP contribution in [0.25, 0.3) is 11.1 Å². The number of fused-ring (bicyclic) bond motifs is 1. The SMILES string of the molecule is CCc1nc2cc(NC(=O)C(CN)CC(C)C)ccc2o1. The molecule has 1 aromatic carbocycles. The zero-order valence-electron chi connectivity index (χ0n) is 12.8. The second kappa shape index (κ2) is 6.72. The molecule has 0 saturated heterocycles. The third-order valence-corrected chi connectivity index (χ3v) is 3.41. The van der Waals surface area contributed by atoms with Crippen molar-refractivity contribution in [2.45, 2.75) is 33.6 Å². The summed E-state index contributed by atoms with van der Waals surface area (Å²) < 4.78 is 5.55. The topological polar surface area (TPSA) is 81.2 Å². The number of nitrogens with zero attached hydrogens (tertiary/aromatic N) is 1. The van der Waals surface area contributed by atoms with E-state index in [4.69, 9.17) is 10.2 Å². The molecule has 2 aromatic rings. The molecule has 1 unspecified atom stereocenters. The third-order valence-electron chi connectivity index (χ3n) is 3.41. The minimum atomic E-state index is -0.163. The van der Waals surface area contributed by atoms with E-state index in [-0.39, 0.29) is 11.8 Å². The average Bonchev–Trinajstić information content (AvgIpc) is 2.86. The quantitative estimate of drug-likeness (QED) is 0.856. The van der Waals surface area contributed by atoms with Gasteiger partial charge in [0, 0.05) is 18.7 Å². The molecule has 0 bridgehead atoms. The van der Waals surface area contributed by atoms with E-state index in [1.165, 1.54) is 0 Å². The highest BCUT2D eigenvalue weighted by atomic mass is 16.3. The van der Waals surface area contributed by atoms with Gasteiger partial charge in [0.2, 0.25) is 5.91 Å². The van der Waals surface area contributed by atoms with E-state index in [2.05, 4.69) is 24.1 Å². The zero-order valence-corrected chi connectivity index (χ0v) is 12.8. The number of nitrogens with two attached hydrogens (primary N) is 1. The molecule has 0 aliphatic carbocycles. The third kappa shape index (κ3) is 3.82. The van der Waals surface area contributed by atoms with Crippen molar-refractivity contribution < 1.29 is 9.21 Å². The number of carbonyl (C=O) groups is 1. The van der Waals surface area contributed by atoms with Crippen molar-refractivity contribution in [3.63, 3.8) is 0 Å². The lowest BCUT2D eigenvalue weighted by Crippen LogP contribution is -2.30. The molecule has 0 aliphatic rings. The molecule has 1 atom stereocenters. The van der Waals surface area contributed by atoms with Crippen LogP contribution in [-0.4, -0.2) is 17.4 Å². The first-order chi connectivity index (χ1) is 10.0. The minimum Gasteiger partial charge on any atom is -0.441 e. The van der Waals surface area contributed by atoms with Crippen molar-refractivity contribution in [1.82, 2.24) is 4.98 Å².